The Labute approximate surface area is 131 Å². The predicted molar refractivity (Wildman–Crippen MR) is 85.7 cm³/mol. The molecule has 0 aliphatic carbocycles. The SMILES string of the molecule is CC(C)Cc1nnc(C2CCCN(C(=O)NC(C)C)C2)s1. The van der Waals surface area contributed by atoms with E-state index in [2.05, 4.69) is 29.4 Å². The van der Waals surface area contributed by atoms with Crippen LogP contribution in [0.3, 0.4) is 0 Å². The summed E-state index contributed by atoms with van der Waals surface area (Å²) in [5.41, 5.74) is 0. The third-order valence-corrected chi connectivity index (χ3v) is 4.64. The highest BCUT2D eigenvalue weighted by molar-refractivity contribution is 7.11. The van der Waals surface area contributed by atoms with Gasteiger partial charge in [0.25, 0.3) is 0 Å². The first-order valence-electron chi connectivity index (χ1n) is 7.83. The largest absolute Gasteiger partial charge is 0.336 e. The summed E-state index contributed by atoms with van der Waals surface area (Å²) in [6, 6.07) is 0.221. The van der Waals surface area contributed by atoms with Crippen molar-refractivity contribution in [2.75, 3.05) is 13.1 Å². The van der Waals surface area contributed by atoms with Crippen LogP contribution in [0, 0.1) is 5.92 Å². The number of carbonyl (C=O) groups is 1. The number of amides is 2. The molecule has 21 heavy (non-hydrogen) atoms. The van der Waals surface area contributed by atoms with E-state index >= 15 is 0 Å². The van der Waals surface area contributed by atoms with Crippen molar-refractivity contribution in [3.63, 3.8) is 0 Å². The second-order valence-corrected chi connectivity index (χ2v) is 7.62. The van der Waals surface area contributed by atoms with Crippen LogP contribution in [-0.2, 0) is 6.42 Å². The van der Waals surface area contributed by atoms with Crippen molar-refractivity contribution in [3.05, 3.63) is 10.0 Å². The molecule has 2 rings (SSSR count). The maximum absolute atomic E-state index is 12.1. The van der Waals surface area contributed by atoms with Crippen LogP contribution in [0.15, 0.2) is 0 Å². The van der Waals surface area contributed by atoms with E-state index in [0.717, 1.165) is 42.4 Å². The molecule has 1 atom stereocenters. The Bertz CT molecular complexity index is 472. The highest BCUT2D eigenvalue weighted by Crippen LogP contribution is 2.29. The second kappa shape index (κ2) is 7.20. The molecule has 1 saturated heterocycles. The van der Waals surface area contributed by atoms with Crippen LogP contribution in [0.25, 0.3) is 0 Å². The number of urea groups is 1. The molecule has 1 aliphatic rings. The Morgan fingerprint density at radius 3 is 2.81 bits per heavy atom. The molecule has 0 saturated carbocycles. The van der Waals surface area contributed by atoms with Crippen molar-refractivity contribution in [1.82, 2.24) is 20.4 Å². The molecule has 5 nitrogen and oxygen atoms in total. The zero-order valence-corrected chi connectivity index (χ0v) is 14.2. The predicted octanol–water partition coefficient (Wildman–Crippen LogP) is 3.03. The molecule has 0 spiro atoms. The highest BCUT2D eigenvalue weighted by atomic mass is 32.1. The zero-order chi connectivity index (χ0) is 15.4. The maximum atomic E-state index is 12.1. The van der Waals surface area contributed by atoms with Crippen molar-refractivity contribution in [2.24, 2.45) is 5.92 Å². The smallest absolute Gasteiger partial charge is 0.317 e. The van der Waals surface area contributed by atoms with Gasteiger partial charge in [-0.1, -0.05) is 13.8 Å². The van der Waals surface area contributed by atoms with Crippen LogP contribution in [-0.4, -0.2) is 40.3 Å². The summed E-state index contributed by atoms with van der Waals surface area (Å²) < 4.78 is 0. The average molecular weight is 310 g/mol. The van der Waals surface area contributed by atoms with Gasteiger partial charge in [0.05, 0.1) is 0 Å². The van der Waals surface area contributed by atoms with E-state index in [1.807, 2.05) is 18.7 Å². The first-order chi connectivity index (χ1) is 9.95. The summed E-state index contributed by atoms with van der Waals surface area (Å²) in [7, 11) is 0. The number of nitrogens with one attached hydrogen (secondary N) is 1. The first kappa shape index (κ1) is 16.2. The van der Waals surface area contributed by atoms with E-state index in [4.69, 9.17) is 0 Å². The fourth-order valence-corrected chi connectivity index (χ4v) is 3.75. The van der Waals surface area contributed by atoms with E-state index in [1.165, 1.54) is 0 Å². The lowest BCUT2D eigenvalue weighted by molar-refractivity contribution is 0.177. The standard InChI is InChI=1S/C15H26N4OS/c1-10(2)8-13-17-18-14(21-13)12-6-5-7-19(9-12)15(20)16-11(3)4/h10-12H,5-9H2,1-4H3,(H,16,20). The van der Waals surface area contributed by atoms with Crippen molar-refractivity contribution in [1.29, 1.82) is 0 Å². The van der Waals surface area contributed by atoms with Gasteiger partial charge in [-0.25, -0.2) is 4.79 Å². The number of hydrogen-bond acceptors (Lipinski definition) is 4. The van der Waals surface area contributed by atoms with Gasteiger partial charge in [-0.3, -0.25) is 0 Å². The molecule has 2 heterocycles. The monoisotopic (exact) mass is 310 g/mol. The summed E-state index contributed by atoms with van der Waals surface area (Å²) >= 11 is 1.71. The fourth-order valence-electron chi connectivity index (χ4n) is 2.56. The minimum Gasteiger partial charge on any atom is -0.336 e. The van der Waals surface area contributed by atoms with Crippen LogP contribution < -0.4 is 5.32 Å². The average Bonchev–Trinajstić information content (AvgIpc) is 2.86. The van der Waals surface area contributed by atoms with E-state index in [9.17, 15) is 4.79 Å². The van der Waals surface area contributed by atoms with Gasteiger partial charge in [-0.05, 0) is 32.6 Å². The maximum Gasteiger partial charge on any atom is 0.317 e. The minimum absolute atomic E-state index is 0.0432. The van der Waals surface area contributed by atoms with Gasteiger partial charge in [0.15, 0.2) is 0 Å². The van der Waals surface area contributed by atoms with Gasteiger partial charge in [-0.2, -0.15) is 0 Å². The van der Waals surface area contributed by atoms with E-state index in [0.29, 0.717) is 11.8 Å². The van der Waals surface area contributed by atoms with Gasteiger partial charge in [0, 0.05) is 31.5 Å². The molecule has 0 aromatic carbocycles. The molecule has 1 fully saturated rings. The van der Waals surface area contributed by atoms with E-state index in [-0.39, 0.29) is 12.1 Å². The van der Waals surface area contributed by atoms with Gasteiger partial charge in [0.1, 0.15) is 10.0 Å². The van der Waals surface area contributed by atoms with Crippen molar-refractivity contribution < 1.29 is 4.79 Å². The molecule has 1 aromatic rings. The summed E-state index contributed by atoms with van der Waals surface area (Å²) in [6.45, 7) is 9.96. The lowest BCUT2D eigenvalue weighted by Crippen LogP contribution is -2.46. The van der Waals surface area contributed by atoms with Gasteiger partial charge < -0.3 is 10.2 Å². The Hall–Kier alpha value is -1.17. The van der Waals surface area contributed by atoms with Gasteiger partial charge in [0.2, 0.25) is 0 Å². The topological polar surface area (TPSA) is 58.1 Å². The molecule has 118 valence electrons. The van der Waals surface area contributed by atoms with Gasteiger partial charge in [-0.15, -0.1) is 21.5 Å². The lowest BCUT2D eigenvalue weighted by atomic mass is 9.99. The van der Waals surface area contributed by atoms with Crippen LogP contribution >= 0.6 is 11.3 Å². The summed E-state index contributed by atoms with van der Waals surface area (Å²) in [5.74, 6) is 0.945. The molecule has 0 radical (unpaired) electrons. The van der Waals surface area contributed by atoms with Gasteiger partial charge >= 0.3 is 6.03 Å². The number of aromatic nitrogens is 2. The fraction of sp³-hybridized carbons (Fsp3) is 0.800. The number of nitrogens with zero attached hydrogens (tertiary/aromatic N) is 3. The van der Waals surface area contributed by atoms with Crippen molar-refractivity contribution in [2.45, 2.75) is 58.9 Å². The summed E-state index contributed by atoms with van der Waals surface area (Å²) in [6.07, 6.45) is 3.12. The molecule has 1 aromatic heterocycles. The number of rotatable bonds is 4. The Kier molecular flexibility index (Phi) is 5.56. The van der Waals surface area contributed by atoms with Crippen LogP contribution in [0.2, 0.25) is 0 Å². The normalized spacial score (nSPS) is 19.3. The van der Waals surface area contributed by atoms with Crippen LogP contribution in [0.5, 0.6) is 0 Å². The lowest BCUT2D eigenvalue weighted by Gasteiger charge is -2.32. The second-order valence-electron chi connectivity index (χ2n) is 6.52. The third-order valence-electron chi connectivity index (χ3n) is 3.54. The first-order valence-corrected chi connectivity index (χ1v) is 8.65. The molecule has 6 heteroatoms. The number of piperidine rings is 1. The van der Waals surface area contributed by atoms with Crippen LogP contribution in [0.4, 0.5) is 4.79 Å². The third kappa shape index (κ3) is 4.66. The van der Waals surface area contributed by atoms with E-state index < -0.39 is 0 Å². The Morgan fingerprint density at radius 1 is 1.38 bits per heavy atom. The number of likely N-dealkylation sites (tertiary alicyclic amines) is 1. The summed E-state index contributed by atoms with van der Waals surface area (Å²) in [4.78, 5) is 14.0. The number of hydrogen-bond donors (Lipinski definition) is 1. The number of carbonyl (C=O) groups excluding carboxylic acids is 1. The quantitative estimate of drug-likeness (QED) is 0.930. The zero-order valence-electron chi connectivity index (χ0n) is 13.4. The minimum atomic E-state index is 0.0432. The highest BCUT2D eigenvalue weighted by Gasteiger charge is 2.27. The Morgan fingerprint density at radius 2 is 2.14 bits per heavy atom. The molecule has 1 N–H and O–H groups in total. The molecular formula is C15H26N4OS. The van der Waals surface area contributed by atoms with E-state index in [1.54, 1.807) is 11.3 Å². The summed E-state index contributed by atoms with van der Waals surface area (Å²) in [5, 5.41) is 13.8. The Balaban J connectivity index is 1.97. The molecule has 2 amide bonds. The molecule has 0 bridgehead atoms. The molecule has 1 unspecified atom stereocenters. The molecular weight excluding hydrogens is 284 g/mol. The van der Waals surface area contributed by atoms with Crippen LogP contribution in [0.1, 0.15) is 56.5 Å². The van der Waals surface area contributed by atoms with Crippen molar-refractivity contribution >= 4 is 17.4 Å². The molecule has 1 aliphatic heterocycles. The van der Waals surface area contributed by atoms with Crippen molar-refractivity contribution in [3.8, 4) is 0 Å².